The fourth-order valence-electron chi connectivity index (χ4n) is 0.921. The van der Waals surface area contributed by atoms with Crippen molar-refractivity contribution in [2.24, 2.45) is 0 Å². The molecule has 10 nitrogen and oxygen atoms in total. The van der Waals surface area contributed by atoms with Gasteiger partial charge in [0.2, 0.25) is 0 Å². The van der Waals surface area contributed by atoms with Crippen LogP contribution in [0.4, 0.5) is 0 Å². The summed E-state index contributed by atoms with van der Waals surface area (Å²) >= 11 is 0. The SMILES string of the molecule is O=C(O)c1cccc(CO[N+](=O)[O-])c1.O=[N+]([O-])[O-].[Ag+]. The third-order valence-electron chi connectivity index (χ3n) is 1.51. The van der Waals surface area contributed by atoms with Crippen LogP contribution < -0.4 is 0 Å². The largest absolute Gasteiger partial charge is 1.00 e. The molecule has 1 rings (SSSR count). The van der Waals surface area contributed by atoms with Gasteiger partial charge in [0.25, 0.3) is 5.09 Å². The van der Waals surface area contributed by atoms with Crippen LogP contribution in [0.3, 0.4) is 0 Å². The summed E-state index contributed by atoms with van der Waals surface area (Å²) in [4.78, 5) is 32.7. The van der Waals surface area contributed by atoms with E-state index >= 15 is 0 Å². The van der Waals surface area contributed by atoms with Crippen molar-refractivity contribution in [3.05, 3.63) is 60.8 Å². The van der Waals surface area contributed by atoms with Gasteiger partial charge in [-0.1, -0.05) is 12.1 Å². The molecule has 108 valence electrons. The molecule has 0 saturated heterocycles. The van der Waals surface area contributed by atoms with E-state index in [2.05, 4.69) is 4.84 Å². The van der Waals surface area contributed by atoms with E-state index in [1.54, 1.807) is 6.07 Å². The maximum Gasteiger partial charge on any atom is 1.00 e. The number of hydrogen-bond donors (Lipinski definition) is 1. The van der Waals surface area contributed by atoms with Gasteiger partial charge in [-0.3, -0.25) is 0 Å². The molecule has 0 spiro atoms. The zero-order valence-corrected chi connectivity index (χ0v) is 10.5. The second-order valence-corrected chi connectivity index (χ2v) is 2.73. The predicted octanol–water partition coefficient (Wildman–Crippen LogP) is 0.851. The van der Waals surface area contributed by atoms with E-state index in [0.717, 1.165) is 0 Å². The Kier molecular flexibility index (Phi) is 9.91. The summed E-state index contributed by atoms with van der Waals surface area (Å²) in [5, 5.41) is 32.3. The molecule has 0 unspecified atom stereocenters. The molecule has 0 fully saturated rings. The van der Waals surface area contributed by atoms with E-state index in [1.807, 2.05) is 0 Å². The number of nitrogens with zero attached hydrogens (tertiary/aromatic N) is 2. The van der Waals surface area contributed by atoms with Crippen molar-refractivity contribution in [1.29, 1.82) is 0 Å². The van der Waals surface area contributed by atoms with Crippen LogP contribution in [-0.4, -0.2) is 21.2 Å². The quantitative estimate of drug-likeness (QED) is 0.466. The van der Waals surface area contributed by atoms with Crippen LogP contribution in [0.5, 0.6) is 0 Å². The molecule has 0 atom stereocenters. The van der Waals surface area contributed by atoms with Gasteiger partial charge in [-0.15, -0.1) is 10.1 Å². The average molecular weight is 367 g/mol. The summed E-state index contributed by atoms with van der Waals surface area (Å²) in [6.45, 7) is -0.242. The van der Waals surface area contributed by atoms with Crippen LogP contribution in [0.15, 0.2) is 24.3 Å². The number of carbonyl (C=O) groups is 1. The average Bonchev–Trinajstić information content (AvgIpc) is 2.26. The third-order valence-corrected chi connectivity index (χ3v) is 1.51. The van der Waals surface area contributed by atoms with Gasteiger partial charge in [0.15, 0.2) is 0 Å². The van der Waals surface area contributed by atoms with E-state index in [1.165, 1.54) is 18.2 Å². The number of aromatic carboxylic acids is 1. The van der Waals surface area contributed by atoms with Crippen LogP contribution in [0.1, 0.15) is 15.9 Å². The van der Waals surface area contributed by atoms with E-state index in [0.29, 0.717) is 5.56 Å². The molecule has 0 aliphatic rings. The van der Waals surface area contributed by atoms with Gasteiger partial charge in [-0.2, -0.15) is 0 Å². The van der Waals surface area contributed by atoms with Gasteiger partial charge >= 0.3 is 28.3 Å². The Balaban J connectivity index is 0. The van der Waals surface area contributed by atoms with Crippen molar-refractivity contribution in [3.8, 4) is 0 Å². The van der Waals surface area contributed by atoms with Gasteiger partial charge in [-0.05, 0) is 17.7 Å². The molecule has 1 N–H and O–H groups in total. The van der Waals surface area contributed by atoms with Crippen molar-refractivity contribution in [3.63, 3.8) is 0 Å². The summed E-state index contributed by atoms with van der Waals surface area (Å²) in [5.74, 6) is -1.08. The number of benzene rings is 1. The Morgan fingerprint density at radius 1 is 1.26 bits per heavy atom. The van der Waals surface area contributed by atoms with E-state index in [4.69, 9.17) is 20.4 Å². The van der Waals surface area contributed by atoms with Crippen molar-refractivity contribution >= 4 is 5.97 Å². The van der Waals surface area contributed by atoms with Gasteiger partial charge in [0.1, 0.15) is 6.61 Å². The van der Waals surface area contributed by atoms with Crippen LogP contribution in [0.25, 0.3) is 0 Å². The Morgan fingerprint density at radius 2 is 1.79 bits per heavy atom. The molecular formula is C8H7AgN2O8. The summed E-state index contributed by atoms with van der Waals surface area (Å²) < 4.78 is 0. The van der Waals surface area contributed by atoms with Crippen molar-refractivity contribution in [2.45, 2.75) is 6.61 Å². The number of carboxylic acids is 1. The molecule has 11 heteroatoms. The normalized spacial score (nSPS) is 8.21. The Labute approximate surface area is 121 Å². The van der Waals surface area contributed by atoms with Crippen molar-refractivity contribution in [2.75, 3.05) is 0 Å². The van der Waals surface area contributed by atoms with Gasteiger partial charge < -0.3 is 25.3 Å². The maximum absolute atomic E-state index is 10.5. The molecule has 1 aromatic rings. The molecule has 0 amide bonds. The molecular weight excluding hydrogens is 360 g/mol. The topological polar surface area (TPSA) is 156 Å². The maximum atomic E-state index is 10.5. The Morgan fingerprint density at radius 3 is 2.21 bits per heavy atom. The minimum Gasteiger partial charge on any atom is -0.478 e. The van der Waals surface area contributed by atoms with Gasteiger partial charge in [0, 0.05) is 0 Å². The second kappa shape index (κ2) is 9.82. The van der Waals surface area contributed by atoms with Crippen molar-refractivity contribution < 1.29 is 47.3 Å². The molecule has 19 heavy (non-hydrogen) atoms. The fourth-order valence-corrected chi connectivity index (χ4v) is 0.921. The molecule has 0 aliphatic heterocycles. The molecule has 0 bridgehead atoms. The first kappa shape index (κ1) is 19.2. The zero-order chi connectivity index (χ0) is 14.1. The first-order valence-corrected chi connectivity index (χ1v) is 4.24. The molecule has 1 aromatic carbocycles. The molecule has 0 saturated carbocycles. The fraction of sp³-hybridized carbons (Fsp3) is 0.125. The molecule has 0 aromatic heterocycles. The van der Waals surface area contributed by atoms with E-state index in [-0.39, 0.29) is 34.6 Å². The van der Waals surface area contributed by atoms with Gasteiger partial charge in [-0.25, -0.2) is 4.79 Å². The number of rotatable bonds is 4. The van der Waals surface area contributed by atoms with Crippen LogP contribution in [0.2, 0.25) is 0 Å². The third kappa shape index (κ3) is 10.7. The smallest absolute Gasteiger partial charge is 0.478 e. The molecule has 0 radical (unpaired) electrons. The standard InChI is InChI=1S/C8H7NO5.Ag.NO3/c10-8(11)7-3-1-2-6(4-7)5-14-9(12)13;;2-1(3)4/h1-4H,5H2,(H,10,11);;/q;+1;-1. The monoisotopic (exact) mass is 366 g/mol. The summed E-state index contributed by atoms with van der Waals surface area (Å²) in [6, 6.07) is 5.78. The zero-order valence-electron chi connectivity index (χ0n) is 9.02. The first-order valence-electron chi connectivity index (χ1n) is 4.24. The van der Waals surface area contributed by atoms with E-state index in [9.17, 15) is 14.9 Å². The number of carboxylic acid groups (broad SMARTS) is 1. The van der Waals surface area contributed by atoms with Crippen LogP contribution in [-0.2, 0) is 33.8 Å². The van der Waals surface area contributed by atoms with Crippen LogP contribution in [0, 0.1) is 25.4 Å². The van der Waals surface area contributed by atoms with Gasteiger partial charge in [0.05, 0.1) is 10.7 Å². The summed E-state index contributed by atoms with van der Waals surface area (Å²) in [7, 11) is 0. The molecule has 0 aliphatic carbocycles. The Bertz CT molecular complexity index is 448. The minimum absolute atomic E-state index is 0. The predicted molar refractivity (Wildman–Crippen MR) is 55.5 cm³/mol. The number of hydrogen-bond acceptors (Lipinski definition) is 7. The Hall–Kier alpha value is -2.17. The van der Waals surface area contributed by atoms with Crippen LogP contribution >= 0.6 is 0 Å². The summed E-state index contributed by atoms with van der Waals surface area (Å²) in [6.07, 6.45) is 0. The second-order valence-electron chi connectivity index (χ2n) is 2.73. The summed E-state index contributed by atoms with van der Waals surface area (Å²) in [5.41, 5.74) is 0.524. The first-order chi connectivity index (χ1) is 8.32. The van der Waals surface area contributed by atoms with Crippen molar-refractivity contribution in [1.82, 2.24) is 0 Å². The van der Waals surface area contributed by atoms with E-state index < -0.39 is 16.1 Å². The molecule has 0 heterocycles. The minimum atomic E-state index is -1.75.